The minimum atomic E-state index is -0.943. The fraction of sp³-hybridized carbons (Fsp3) is 0.889. The van der Waals surface area contributed by atoms with Crippen LogP contribution in [0.25, 0.3) is 0 Å². The predicted octanol–water partition coefficient (Wildman–Crippen LogP) is -0.212. The molecule has 0 aromatic carbocycles. The lowest BCUT2D eigenvalue weighted by Crippen LogP contribution is -2.21. The Morgan fingerprint density at radius 3 is 1.25 bits per heavy atom. The second-order valence-corrected chi connectivity index (χ2v) is 2.05. The lowest BCUT2D eigenvalue weighted by Gasteiger charge is -1.95. The number of carboxylic acids is 1. The largest absolute Gasteiger partial charge is 0.855 e. The summed E-state index contributed by atoms with van der Waals surface area (Å²) in [7, 11) is 0. The molecule has 0 fully saturated rings. The van der Waals surface area contributed by atoms with Gasteiger partial charge < -0.3 is 38.6 Å². The van der Waals surface area contributed by atoms with Crippen molar-refractivity contribution < 1.29 is 20.1 Å². The van der Waals surface area contributed by atoms with Gasteiger partial charge in [0, 0.05) is 5.97 Å². The van der Waals surface area contributed by atoms with Crippen LogP contribution in [0.1, 0.15) is 40.0 Å². The van der Waals surface area contributed by atoms with Gasteiger partial charge in [-0.25, -0.2) is 0 Å². The zero-order chi connectivity index (χ0) is 11.1. The maximum Gasteiger partial charge on any atom is 0.0414 e. The molecule has 0 bridgehead atoms. The summed E-state index contributed by atoms with van der Waals surface area (Å²) in [5, 5.41) is 27.5. The quantitative estimate of drug-likeness (QED) is 0.618. The monoisotopic (exact) mass is 245 g/mol. The number of aliphatic carboxylic acids is 1. The van der Waals surface area contributed by atoms with Crippen molar-refractivity contribution >= 4 is 5.97 Å². The zero-order valence-corrected chi connectivity index (χ0v) is 11.7. The van der Waals surface area contributed by atoms with E-state index in [1.807, 2.05) is 6.92 Å². The van der Waals surface area contributed by atoms with Gasteiger partial charge in [-0.2, -0.15) is 0 Å². The van der Waals surface area contributed by atoms with Crippen molar-refractivity contribution in [1.82, 2.24) is 18.5 Å². The number of carbonyl (C=O) groups is 1. The number of hydrogen-bond acceptors (Lipinski definition) is 4. The van der Waals surface area contributed by atoms with E-state index in [0.29, 0.717) is 0 Å². The number of rotatable bonds is 3. The van der Waals surface area contributed by atoms with Crippen LogP contribution in [0.15, 0.2) is 0 Å². The van der Waals surface area contributed by atoms with Gasteiger partial charge in [-0.15, -0.1) is 13.2 Å². The Bertz CT molecular complexity index is 92.8. The maximum atomic E-state index is 9.65. The SMILES string of the molecule is CCCCC(=O)[O-].CC[O-].CC[O-].[NH4+].[NH4+].[NH4+]. The zero-order valence-electron chi connectivity index (χ0n) is 11.7. The Hall–Kier alpha value is -0.730. The van der Waals surface area contributed by atoms with Crippen molar-refractivity contribution in [1.29, 1.82) is 0 Å². The second kappa shape index (κ2) is 47.5. The first kappa shape index (κ1) is 36.2. The third kappa shape index (κ3) is 187. The Balaban J connectivity index is -0.0000000244. The molecule has 7 nitrogen and oxygen atoms in total. The number of hydrogen-bond donors (Lipinski definition) is 3. The minimum Gasteiger partial charge on any atom is -0.855 e. The smallest absolute Gasteiger partial charge is 0.0414 e. The molecule has 0 saturated heterocycles. The van der Waals surface area contributed by atoms with Gasteiger partial charge in [-0.3, -0.25) is 0 Å². The van der Waals surface area contributed by atoms with Crippen LogP contribution in [0.5, 0.6) is 0 Å². The predicted molar refractivity (Wildman–Crippen MR) is 63.6 cm³/mol. The molecule has 0 unspecified atom stereocenters. The van der Waals surface area contributed by atoms with E-state index in [2.05, 4.69) is 0 Å². The summed E-state index contributed by atoms with van der Waals surface area (Å²) in [6, 6.07) is 0. The van der Waals surface area contributed by atoms with Crippen LogP contribution in [-0.2, 0) is 4.79 Å². The maximum absolute atomic E-state index is 9.65. The molecular formula is C9H31N3O4. The van der Waals surface area contributed by atoms with Crippen LogP contribution < -0.4 is 33.8 Å². The topological polar surface area (TPSA) is 196 Å². The van der Waals surface area contributed by atoms with Gasteiger partial charge in [0.1, 0.15) is 0 Å². The molecule has 0 aromatic rings. The molecule has 0 rings (SSSR count). The van der Waals surface area contributed by atoms with Crippen LogP contribution in [0.3, 0.4) is 0 Å². The average molecular weight is 245 g/mol. The van der Waals surface area contributed by atoms with E-state index in [4.69, 9.17) is 10.2 Å². The summed E-state index contributed by atoms with van der Waals surface area (Å²) >= 11 is 0. The van der Waals surface area contributed by atoms with Gasteiger partial charge in [0.25, 0.3) is 0 Å². The van der Waals surface area contributed by atoms with Crippen LogP contribution in [0, 0.1) is 0 Å². The van der Waals surface area contributed by atoms with Gasteiger partial charge in [0.2, 0.25) is 0 Å². The van der Waals surface area contributed by atoms with E-state index in [0.717, 1.165) is 12.8 Å². The van der Waals surface area contributed by atoms with Gasteiger partial charge in [0.05, 0.1) is 0 Å². The number of quaternary nitrogens is 3. The lowest BCUT2D eigenvalue weighted by molar-refractivity contribution is -0.362. The Morgan fingerprint density at radius 2 is 1.19 bits per heavy atom. The molecule has 0 amide bonds. The molecule has 0 aromatic heterocycles. The summed E-state index contributed by atoms with van der Waals surface area (Å²) in [6.07, 6.45) is 1.87. The highest BCUT2D eigenvalue weighted by Gasteiger charge is 1.80. The first-order valence-corrected chi connectivity index (χ1v) is 4.46. The van der Waals surface area contributed by atoms with E-state index >= 15 is 0 Å². The molecule has 0 aliphatic carbocycles. The number of carbonyl (C=O) groups excluding carboxylic acids is 1. The summed E-state index contributed by atoms with van der Waals surface area (Å²) in [5.74, 6) is -0.943. The Kier molecular flexibility index (Phi) is 108. The molecule has 0 spiro atoms. The van der Waals surface area contributed by atoms with Crippen molar-refractivity contribution in [3.8, 4) is 0 Å². The number of unbranched alkanes of at least 4 members (excludes halogenated alkanes) is 1. The van der Waals surface area contributed by atoms with Gasteiger partial charge in [0.15, 0.2) is 0 Å². The van der Waals surface area contributed by atoms with E-state index < -0.39 is 5.97 Å². The second-order valence-electron chi connectivity index (χ2n) is 2.05. The molecule has 12 N–H and O–H groups in total. The van der Waals surface area contributed by atoms with E-state index in [-0.39, 0.29) is 38.1 Å². The molecule has 16 heavy (non-hydrogen) atoms. The summed E-state index contributed by atoms with van der Waals surface area (Å²) in [6.45, 7) is 5.09. The molecule has 7 heteroatoms. The highest BCUT2D eigenvalue weighted by atomic mass is 16.4. The highest BCUT2D eigenvalue weighted by Crippen LogP contribution is 1.89. The molecule has 0 atom stereocenters. The van der Waals surface area contributed by atoms with Crippen molar-refractivity contribution in [2.24, 2.45) is 0 Å². The lowest BCUT2D eigenvalue weighted by atomic mass is 10.3. The summed E-state index contributed by atoms with van der Waals surface area (Å²) in [5.41, 5.74) is 0. The van der Waals surface area contributed by atoms with E-state index in [1.54, 1.807) is 13.8 Å². The first-order valence-electron chi connectivity index (χ1n) is 4.46. The molecule has 0 aliphatic rings. The normalized spacial score (nSPS) is 6.06. The van der Waals surface area contributed by atoms with Crippen LogP contribution in [0.2, 0.25) is 0 Å². The Morgan fingerprint density at radius 1 is 0.938 bits per heavy atom. The molecule has 106 valence electrons. The van der Waals surface area contributed by atoms with Crippen LogP contribution in [0.4, 0.5) is 0 Å². The third-order valence-corrected chi connectivity index (χ3v) is 0.734. The van der Waals surface area contributed by atoms with Gasteiger partial charge >= 0.3 is 0 Å². The summed E-state index contributed by atoms with van der Waals surface area (Å²) < 4.78 is 0. The average Bonchev–Trinajstić information content (AvgIpc) is 2.04. The summed E-state index contributed by atoms with van der Waals surface area (Å²) in [4.78, 5) is 9.65. The van der Waals surface area contributed by atoms with Crippen molar-refractivity contribution in [3.63, 3.8) is 0 Å². The third-order valence-electron chi connectivity index (χ3n) is 0.734. The molecule has 0 saturated carbocycles. The van der Waals surface area contributed by atoms with Crippen LogP contribution >= 0.6 is 0 Å². The molecule has 0 radical (unpaired) electrons. The fourth-order valence-electron chi connectivity index (χ4n) is 0.321. The van der Waals surface area contributed by atoms with Gasteiger partial charge in [-0.05, 0) is 12.8 Å². The van der Waals surface area contributed by atoms with E-state index in [1.165, 1.54) is 0 Å². The standard InChI is InChI=1S/C5H10O2.2C2H5O.3H3N/c1-2-3-4-5(6)7;2*1-2-3;;;/h2-4H2,1H3,(H,6,7);2*2H2,1H3;3*1H3/q;2*-1;;;/p+2. The van der Waals surface area contributed by atoms with E-state index in [9.17, 15) is 9.90 Å². The van der Waals surface area contributed by atoms with Crippen molar-refractivity contribution in [3.05, 3.63) is 0 Å². The number of carboxylic acid groups (broad SMARTS) is 1. The van der Waals surface area contributed by atoms with Crippen molar-refractivity contribution in [2.45, 2.75) is 40.0 Å². The molecule has 0 heterocycles. The Labute approximate surface area is 98.6 Å². The minimum absolute atomic E-state index is 0. The van der Waals surface area contributed by atoms with Gasteiger partial charge in [-0.1, -0.05) is 27.2 Å². The van der Waals surface area contributed by atoms with Crippen molar-refractivity contribution in [2.75, 3.05) is 13.2 Å². The first-order chi connectivity index (χ1) is 6.10. The fourth-order valence-corrected chi connectivity index (χ4v) is 0.321. The molecule has 0 aliphatic heterocycles. The van der Waals surface area contributed by atoms with Crippen LogP contribution in [-0.4, -0.2) is 19.2 Å². The highest BCUT2D eigenvalue weighted by molar-refractivity contribution is 5.63. The molecular weight excluding hydrogens is 214 g/mol.